The first-order chi connectivity index (χ1) is 6.31. The maximum absolute atomic E-state index is 5.69. The second-order valence-corrected chi connectivity index (χ2v) is 5.27. The summed E-state index contributed by atoms with van der Waals surface area (Å²) in [5.41, 5.74) is 0. The molecule has 0 N–H and O–H groups in total. The van der Waals surface area contributed by atoms with Gasteiger partial charge in [0.25, 0.3) is 0 Å². The maximum atomic E-state index is 5.69. The molecule has 0 aromatic carbocycles. The monoisotopic (exact) mass is 268 g/mol. The number of halogens is 2. The molecule has 1 atom stereocenters. The second kappa shape index (κ2) is 10.8. The first-order valence-electron chi connectivity index (χ1n) is 5.51. The van der Waals surface area contributed by atoms with E-state index in [4.69, 9.17) is 11.6 Å². The highest BCUT2D eigenvalue weighted by atomic mass is 79.9. The molecule has 80 valence electrons. The molecule has 1 unspecified atom stereocenters. The van der Waals surface area contributed by atoms with Crippen LogP contribution in [0.5, 0.6) is 0 Å². The summed E-state index contributed by atoms with van der Waals surface area (Å²) in [5.74, 6) is 0.746. The molecule has 0 heterocycles. The van der Waals surface area contributed by atoms with Gasteiger partial charge in [-0.15, -0.1) is 11.6 Å². The van der Waals surface area contributed by atoms with Crippen molar-refractivity contribution in [3.05, 3.63) is 0 Å². The number of hydrogen-bond donors (Lipinski definition) is 0. The van der Waals surface area contributed by atoms with Crippen LogP contribution < -0.4 is 0 Å². The molecule has 0 amide bonds. The highest BCUT2D eigenvalue weighted by Crippen LogP contribution is 2.14. The average Bonchev–Trinajstić information content (AvgIpc) is 2.16. The fourth-order valence-electron chi connectivity index (χ4n) is 1.40. The van der Waals surface area contributed by atoms with Crippen molar-refractivity contribution in [1.29, 1.82) is 0 Å². The van der Waals surface area contributed by atoms with Crippen molar-refractivity contribution in [2.24, 2.45) is 0 Å². The standard InChI is InChI=1S/C11H22BrCl/c1-2-3-4-5-6-7-8-9-11(12)10-13/h11H,2-10H2,1H3. The Morgan fingerprint density at radius 3 is 2.08 bits per heavy atom. The van der Waals surface area contributed by atoms with Gasteiger partial charge in [-0.05, 0) is 6.42 Å². The third-order valence-electron chi connectivity index (χ3n) is 2.29. The van der Waals surface area contributed by atoms with Crippen LogP contribution in [0.4, 0.5) is 0 Å². The Labute approximate surface area is 96.6 Å². The Balaban J connectivity index is 2.91. The lowest BCUT2D eigenvalue weighted by Crippen LogP contribution is -1.98. The van der Waals surface area contributed by atoms with E-state index in [9.17, 15) is 0 Å². The van der Waals surface area contributed by atoms with Gasteiger partial charge in [-0.2, -0.15) is 0 Å². The fraction of sp³-hybridized carbons (Fsp3) is 1.00. The molecular formula is C11H22BrCl. The van der Waals surface area contributed by atoms with Crippen LogP contribution in [0.2, 0.25) is 0 Å². The minimum absolute atomic E-state index is 0.532. The quantitative estimate of drug-likeness (QED) is 0.402. The lowest BCUT2D eigenvalue weighted by Gasteiger charge is -2.04. The zero-order chi connectivity index (χ0) is 9.94. The molecule has 0 aliphatic heterocycles. The van der Waals surface area contributed by atoms with E-state index >= 15 is 0 Å². The van der Waals surface area contributed by atoms with Gasteiger partial charge in [0.2, 0.25) is 0 Å². The van der Waals surface area contributed by atoms with Crippen molar-refractivity contribution in [3.8, 4) is 0 Å². The van der Waals surface area contributed by atoms with Gasteiger partial charge >= 0.3 is 0 Å². The molecule has 0 saturated heterocycles. The largest absolute Gasteiger partial charge is 0.126 e. The van der Waals surface area contributed by atoms with Crippen LogP contribution in [0.25, 0.3) is 0 Å². The molecule has 0 aromatic rings. The van der Waals surface area contributed by atoms with E-state index in [1.165, 1.54) is 51.4 Å². The summed E-state index contributed by atoms with van der Waals surface area (Å²) in [5, 5.41) is 0. The Morgan fingerprint density at radius 1 is 1.00 bits per heavy atom. The van der Waals surface area contributed by atoms with E-state index in [-0.39, 0.29) is 0 Å². The van der Waals surface area contributed by atoms with E-state index in [1.54, 1.807) is 0 Å². The first-order valence-corrected chi connectivity index (χ1v) is 6.96. The van der Waals surface area contributed by atoms with Crippen molar-refractivity contribution in [3.63, 3.8) is 0 Å². The number of rotatable bonds is 9. The minimum Gasteiger partial charge on any atom is -0.126 e. The summed E-state index contributed by atoms with van der Waals surface area (Å²) in [6.07, 6.45) is 10.9. The number of unbranched alkanes of at least 4 members (excludes halogenated alkanes) is 6. The predicted octanol–water partition coefficient (Wildman–Crippen LogP) is 5.13. The number of alkyl halides is 2. The average molecular weight is 270 g/mol. The molecule has 0 bridgehead atoms. The zero-order valence-electron chi connectivity index (χ0n) is 8.70. The summed E-state index contributed by atoms with van der Waals surface area (Å²) in [6.45, 7) is 2.26. The third-order valence-corrected chi connectivity index (χ3v) is 3.82. The third kappa shape index (κ3) is 10.7. The molecule has 0 aromatic heterocycles. The molecule has 0 aliphatic carbocycles. The molecule has 13 heavy (non-hydrogen) atoms. The summed E-state index contributed by atoms with van der Waals surface area (Å²) in [7, 11) is 0. The summed E-state index contributed by atoms with van der Waals surface area (Å²) in [4.78, 5) is 0.532. The van der Waals surface area contributed by atoms with Crippen LogP contribution in [-0.2, 0) is 0 Å². The van der Waals surface area contributed by atoms with Crippen molar-refractivity contribution in [2.75, 3.05) is 5.88 Å². The van der Waals surface area contributed by atoms with Crippen LogP contribution in [0.15, 0.2) is 0 Å². The van der Waals surface area contributed by atoms with E-state index < -0.39 is 0 Å². The Bertz CT molecular complexity index is 96.1. The van der Waals surface area contributed by atoms with Crippen LogP contribution in [0, 0.1) is 0 Å². The zero-order valence-corrected chi connectivity index (χ0v) is 11.0. The summed E-state index contributed by atoms with van der Waals surface area (Å²) >= 11 is 9.23. The maximum Gasteiger partial charge on any atom is 0.0349 e. The van der Waals surface area contributed by atoms with Crippen LogP contribution >= 0.6 is 27.5 Å². The Hall–Kier alpha value is 0.770. The second-order valence-electron chi connectivity index (χ2n) is 3.66. The molecule has 0 aliphatic rings. The van der Waals surface area contributed by atoms with Gasteiger partial charge < -0.3 is 0 Å². The molecule has 0 radical (unpaired) electrons. The van der Waals surface area contributed by atoms with E-state index in [2.05, 4.69) is 22.9 Å². The van der Waals surface area contributed by atoms with E-state index in [0.717, 1.165) is 5.88 Å². The van der Waals surface area contributed by atoms with Gasteiger partial charge in [0.05, 0.1) is 0 Å². The topological polar surface area (TPSA) is 0 Å². The molecule has 0 saturated carbocycles. The SMILES string of the molecule is CCCCCCCCCC(Br)CCl. The summed E-state index contributed by atoms with van der Waals surface area (Å²) < 4.78 is 0. The molecule has 2 heteroatoms. The Kier molecular flexibility index (Phi) is 11.5. The first kappa shape index (κ1) is 13.8. The lowest BCUT2D eigenvalue weighted by atomic mass is 10.1. The van der Waals surface area contributed by atoms with Gasteiger partial charge in [-0.1, -0.05) is 67.8 Å². The smallest absolute Gasteiger partial charge is 0.0349 e. The van der Waals surface area contributed by atoms with Crippen LogP contribution in [0.3, 0.4) is 0 Å². The van der Waals surface area contributed by atoms with Gasteiger partial charge in [0.1, 0.15) is 0 Å². The van der Waals surface area contributed by atoms with Crippen LogP contribution in [-0.4, -0.2) is 10.7 Å². The highest BCUT2D eigenvalue weighted by molar-refractivity contribution is 9.09. The molecule has 0 rings (SSSR count). The fourth-order valence-corrected chi connectivity index (χ4v) is 1.88. The minimum atomic E-state index is 0.532. The van der Waals surface area contributed by atoms with Crippen molar-refractivity contribution in [1.82, 2.24) is 0 Å². The molecule has 0 spiro atoms. The predicted molar refractivity (Wildman–Crippen MR) is 66.0 cm³/mol. The van der Waals surface area contributed by atoms with Gasteiger partial charge in [0, 0.05) is 10.7 Å². The lowest BCUT2D eigenvalue weighted by molar-refractivity contribution is 0.577. The normalized spacial score (nSPS) is 13.2. The van der Waals surface area contributed by atoms with E-state index in [1.807, 2.05) is 0 Å². The van der Waals surface area contributed by atoms with Gasteiger partial charge in [-0.3, -0.25) is 0 Å². The van der Waals surface area contributed by atoms with E-state index in [0.29, 0.717) is 4.83 Å². The molecule has 0 nitrogen and oxygen atoms in total. The van der Waals surface area contributed by atoms with Crippen LogP contribution in [0.1, 0.15) is 58.3 Å². The highest BCUT2D eigenvalue weighted by Gasteiger charge is 2.00. The van der Waals surface area contributed by atoms with Crippen molar-refractivity contribution < 1.29 is 0 Å². The van der Waals surface area contributed by atoms with Gasteiger partial charge in [0.15, 0.2) is 0 Å². The summed E-state index contributed by atoms with van der Waals surface area (Å²) in [6, 6.07) is 0. The van der Waals surface area contributed by atoms with Crippen molar-refractivity contribution in [2.45, 2.75) is 63.1 Å². The number of hydrogen-bond acceptors (Lipinski definition) is 0. The van der Waals surface area contributed by atoms with Crippen molar-refractivity contribution >= 4 is 27.5 Å². The molecule has 0 fully saturated rings. The Morgan fingerprint density at radius 2 is 1.54 bits per heavy atom. The van der Waals surface area contributed by atoms with Gasteiger partial charge in [-0.25, -0.2) is 0 Å². The molecular weight excluding hydrogens is 247 g/mol.